The normalized spacial score (nSPS) is 15.1. The molecule has 0 spiro atoms. The van der Waals surface area contributed by atoms with Crippen LogP contribution in [-0.2, 0) is 12.8 Å². The van der Waals surface area contributed by atoms with Gasteiger partial charge in [0.15, 0.2) is 0 Å². The molecule has 88 valence electrons. The maximum absolute atomic E-state index is 7.53. The Morgan fingerprint density at radius 2 is 2.38 bits per heavy atom. The molecule has 1 aromatic heterocycles. The van der Waals surface area contributed by atoms with Crippen LogP contribution in [0.5, 0.6) is 0 Å². The van der Waals surface area contributed by atoms with E-state index in [-0.39, 0.29) is 5.96 Å². The smallest absolute Gasteiger partial charge is 0.215 e. The zero-order chi connectivity index (χ0) is 11.5. The highest BCUT2D eigenvalue weighted by atomic mass is 15.4. The molecule has 1 aliphatic heterocycles. The van der Waals surface area contributed by atoms with Crippen LogP contribution >= 0.6 is 0 Å². The van der Waals surface area contributed by atoms with Crippen LogP contribution in [0, 0.1) is 5.41 Å². The Morgan fingerprint density at radius 3 is 3.06 bits per heavy atom. The van der Waals surface area contributed by atoms with Crippen molar-refractivity contribution in [1.29, 1.82) is 5.41 Å². The molecule has 0 amide bonds. The summed E-state index contributed by atoms with van der Waals surface area (Å²) in [6, 6.07) is 0. The monoisotopic (exact) mass is 221 g/mol. The van der Waals surface area contributed by atoms with Crippen molar-refractivity contribution in [2.75, 3.05) is 11.9 Å². The van der Waals surface area contributed by atoms with Crippen molar-refractivity contribution in [3.63, 3.8) is 0 Å². The lowest BCUT2D eigenvalue weighted by molar-refractivity contribution is 0.757. The Balaban J connectivity index is 2.44. The van der Waals surface area contributed by atoms with Gasteiger partial charge in [0.05, 0.1) is 5.69 Å². The van der Waals surface area contributed by atoms with E-state index in [2.05, 4.69) is 17.3 Å². The summed E-state index contributed by atoms with van der Waals surface area (Å²) in [4.78, 5) is 0. The Labute approximate surface area is 95.5 Å². The first-order chi connectivity index (χ1) is 7.74. The first-order valence-corrected chi connectivity index (χ1v) is 5.93. The van der Waals surface area contributed by atoms with Crippen LogP contribution in [0.4, 0.5) is 5.82 Å². The molecule has 0 bridgehead atoms. The lowest BCUT2D eigenvalue weighted by Crippen LogP contribution is -2.24. The molecule has 0 aromatic carbocycles. The quantitative estimate of drug-likeness (QED) is 0.520. The molecular weight excluding hydrogens is 202 g/mol. The zero-order valence-corrected chi connectivity index (χ0v) is 9.71. The van der Waals surface area contributed by atoms with Gasteiger partial charge < -0.3 is 11.1 Å². The lowest BCUT2D eigenvalue weighted by atomic mass is 10.1. The second-order valence-electron chi connectivity index (χ2n) is 4.20. The van der Waals surface area contributed by atoms with E-state index in [1.165, 1.54) is 16.7 Å². The van der Waals surface area contributed by atoms with Crippen molar-refractivity contribution in [3.05, 3.63) is 11.3 Å². The van der Waals surface area contributed by atoms with Crippen molar-refractivity contribution < 1.29 is 0 Å². The number of hydrogen-bond donors (Lipinski definition) is 3. The summed E-state index contributed by atoms with van der Waals surface area (Å²) >= 11 is 0. The van der Waals surface area contributed by atoms with Gasteiger partial charge in [-0.3, -0.25) is 5.41 Å². The van der Waals surface area contributed by atoms with E-state index < -0.39 is 0 Å². The van der Waals surface area contributed by atoms with Gasteiger partial charge in [-0.25, -0.2) is 0 Å². The van der Waals surface area contributed by atoms with Gasteiger partial charge in [-0.2, -0.15) is 9.78 Å². The van der Waals surface area contributed by atoms with Gasteiger partial charge in [-0.1, -0.05) is 13.3 Å². The Kier molecular flexibility index (Phi) is 3.12. The Morgan fingerprint density at radius 1 is 1.56 bits per heavy atom. The molecule has 1 aromatic rings. The number of hydrogen-bond acceptors (Lipinski definition) is 3. The number of nitrogens with zero attached hydrogens (tertiary/aromatic N) is 2. The van der Waals surface area contributed by atoms with Crippen molar-refractivity contribution in [2.45, 2.75) is 39.0 Å². The van der Waals surface area contributed by atoms with Gasteiger partial charge in [0.25, 0.3) is 0 Å². The van der Waals surface area contributed by atoms with Crippen molar-refractivity contribution in [3.8, 4) is 0 Å². The standard InChI is InChI=1S/C11H19N5/c1-2-5-9-8-6-3-4-7-14-10(8)16(15-9)11(12)13/h14H,2-7H2,1H3,(H3,12,13). The topological polar surface area (TPSA) is 79.7 Å². The van der Waals surface area contributed by atoms with E-state index in [1.807, 2.05) is 0 Å². The van der Waals surface area contributed by atoms with E-state index in [4.69, 9.17) is 11.1 Å². The number of rotatable bonds is 2. The van der Waals surface area contributed by atoms with E-state index >= 15 is 0 Å². The molecule has 4 N–H and O–H groups in total. The summed E-state index contributed by atoms with van der Waals surface area (Å²) in [7, 11) is 0. The number of anilines is 1. The van der Waals surface area contributed by atoms with Gasteiger partial charge in [-0.15, -0.1) is 0 Å². The molecule has 0 aliphatic carbocycles. The van der Waals surface area contributed by atoms with Crippen LogP contribution in [0.2, 0.25) is 0 Å². The van der Waals surface area contributed by atoms with E-state index in [0.717, 1.165) is 43.7 Å². The predicted molar refractivity (Wildman–Crippen MR) is 65.0 cm³/mol. The second-order valence-corrected chi connectivity index (χ2v) is 4.20. The SMILES string of the molecule is CCCc1nn(C(=N)N)c2c1CCCCN2. The number of nitrogen functional groups attached to an aromatic ring is 1. The summed E-state index contributed by atoms with van der Waals surface area (Å²) in [6.45, 7) is 3.08. The molecule has 0 radical (unpaired) electrons. The average molecular weight is 221 g/mol. The largest absolute Gasteiger partial charge is 0.370 e. The van der Waals surface area contributed by atoms with Crippen LogP contribution < -0.4 is 11.1 Å². The molecule has 0 saturated carbocycles. The summed E-state index contributed by atoms with van der Waals surface area (Å²) in [5, 5.41) is 15.3. The minimum atomic E-state index is -0.00648. The fourth-order valence-electron chi connectivity index (χ4n) is 2.19. The molecule has 0 atom stereocenters. The van der Waals surface area contributed by atoms with Gasteiger partial charge in [0.1, 0.15) is 5.82 Å². The molecule has 5 heteroatoms. The third-order valence-electron chi connectivity index (χ3n) is 2.93. The van der Waals surface area contributed by atoms with Crippen LogP contribution in [0.1, 0.15) is 37.4 Å². The fraction of sp³-hybridized carbons (Fsp3) is 0.636. The molecule has 0 fully saturated rings. The maximum Gasteiger partial charge on any atom is 0.215 e. The van der Waals surface area contributed by atoms with Crippen molar-refractivity contribution in [2.24, 2.45) is 5.73 Å². The molecule has 16 heavy (non-hydrogen) atoms. The van der Waals surface area contributed by atoms with Crippen LogP contribution in [0.25, 0.3) is 0 Å². The summed E-state index contributed by atoms with van der Waals surface area (Å²) in [5.74, 6) is 0.932. The highest BCUT2D eigenvalue weighted by Crippen LogP contribution is 2.25. The highest BCUT2D eigenvalue weighted by Gasteiger charge is 2.19. The van der Waals surface area contributed by atoms with E-state index in [1.54, 1.807) is 0 Å². The molecule has 2 rings (SSSR count). The summed E-state index contributed by atoms with van der Waals surface area (Å²) < 4.78 is 1.53. The first kappa shape index (κ1) is 11.0. The van der Waals surface area contributed by atoms with Gasteiger partial charge >= 0.3 is 0 Å². The minimum Gasteiger partial charge on any atom is -0.370 e. The van der Waals surface area contributed by atoms with Crippen LogP contribution in [-0.4, -0.2) is 22.3 Å². The van der Waals surface area contributed by atoms with Gasteiger partial charge in [0.2, 0.25) is 5.96 Å². The van der Waals surface area contributed by atoms with Crippen LogP contribution in [0.15, 0.2) is 0 Å². The fourth-order valence-corrected chi connectivity index (χ4v) is 2.19. The van der Waals surface area contributed by atoms with E-state index in [9.17, 15) is 0 Å². The molecule has 0 unspecified atom stereocenters. The number of nitrogens with one attached hydrogen (secondary N) is 2. The third kappa shape index (κ3) is 1.89. The molecule has 2 heterocycles. The molecular formula is C11H19N5. The summed E-state index contributed by atoms with van der Waals surface area (Å²) in [5.41, 5.74) is 7.90. The lowest BCUT2D eigenvalue weighted by Gasteiger charge is -2.06. The number of nitrogens with two attached hydrogens (primary N) is 1. The molecule has 5 nitrogen and oxygen atoms in total. The van der Waals surface area contributed by atoms with Crippen LogP contribution in [0.3, 0.4) is 0 Å². The number of fused-ring (bicyclic) bond motifs is 1. The van der Waals surface area contributed by atoms with Gasteiger partial charge in [0, 0.05) is 12.1 Å². The van der Waals surface area contributed by atoms with Gasteiger partial charge in [-0.05, 0) is 25.7 Å². The number of aryl methyl sites for hydroxylation is 1. The predicted octanol–water partition coefficient (Wildman–Crippen LogP) is 1.33. The second kappa shape index (κ2) is 4.55. The zero-order valence-electron chi connectivity index (χ0n) is 9.71. The Bertz CT molecular complexity index is 393. The van der Waals surface area contributed by atoms with Crippen molar-refractivity contribution >= 4 is 11.8 Å². The highest BCUT2D eigenvalue weighted by molar-refractivity contribution is 5.81. The molecule has 1 aliphatic rings. The minimum absolute atomic E-state index is 0.00648. The third-order valence-corrected chi connectivity index (χ3v) is 2.93. The summed E-state index contributed by atoms with van der Waals surface area (Å²) in [6.07, 6.45) is 5.43. The Hall–Kier alpha value is -1.52. The average Bonchev–Trinajstić information content (AvgIpc) is 2.46. The van der Waals surface area contributed by atoms with Crippen molar-refractivity contribution in [1.82, 2.24) is 9.78 Å². The molecule has 0 saturated heterocycles. The number of aromatic nitrogens is 2. The maximum atomic E-state index is 7.53. The first-order valence-electron chi connectivity index (χ1n) is 5.93. The van der Waals surface area contributed by atoms with E-state index in [0.29, 0.717) is 0 Å².